The molecule has 0 saturated carbocycles. The van der Waals surface area contributed by atoms with Crippen molar-refractivity contribution in [2.45, 2.75) is 6.92 Å². The van der Waals surface area contributed by atoms with Gasteiger partial charge in [0.15, 0.2) is 5.75 Å². The van der Waals surface area contributed by atoms with E-state index < -0.39 is 0 Å². The number of amides is 1. The molecule has 3 rings (SSSR count). The molecule has 114 valence electrons. The highest BCUT2D eigenvalue weighted by Gasteiger charge is 2.29. The molecule has 2 N–H and O–H groups in total. The minimum atomic E-state index is -0.00830. The van der Waals surface area contributed by atoms with E-state index in [4.69, 9.17) is 4.74 Å². The average molecular weight is 296 g/mol. The van der Waals surface area contributed by atoms with Gasteiger partial charge in [0, 0.05) is 5.92 Å². The lowest BCUT2D eigenvalue weighted by atomic mass is 9.88. The maximum absolute atomic E-state index is 12.4. The quantitative estimate of drug-likeness (QED) is 0.890. The molecule has 4 heteroatoms. The van der Waals surface area contributed by atoms with E-state index in [1.807, 2.05) is 61.5 Å². The lowest BCUT2D eigenvalue weighted by Crippen LogP contribution is -2.48. The zero-order valence-corrected chi connectivity index (χ0v) is 12.6. The number of hydrogen-bond donors (Lipinski definition) is 2. The lowest BCUT2D eigenvalue weighted by molar-refractivity contribution is -0.121. The van der Waals surface area contributed by atoms with E-state index in [1.165, 1.54) is 0 Å². The van der Waals surface area contributed by atoms with E-state index >= 15 is 0 Å². The third kappa shape index (κ3) is 3.28. The Morgan fingerprint density at radius 3 is 2.50 bits per heavy atom. The van der Waals surface area contributed by atoms with E-state index in [9.17, 15) is 4.79 Å². The topological polar surface area (TPSA) is 50.4 Å². The Bertz CT molecular complexity index is 639. The Labute approximate surface area is 130 Å². The largest absolute Gasteiger partial charge is 0.455 e. The van der Waals surface area contributed by atoms with E-state index in [2.05, 4.69) is 10.6 Å². The molecule has 0 radical (unpaired) electrons. The van der Waals surface area contributed by atoms with Gasteiger partial charge in [0.2, 0.25) is 5.91 Å². The highest BCUT2D eigenvalue weighted by Crippen LogP contribution is 2.30. The molecule has 1 aliphatic heterocycles. The normalized spacial score (nSPS) is 15.7. The number of para-hydroxylation sites is 3. The molecule has 1 saturated heterocycles. The lowest BCUT2D eigenvalue weighted by Gasteiger charge is -2.31. The maximum Gasteiger partial charge on any atom is 0.227 e. The van der Waals surface area contributed by atoms with Crippen LogP contribution < -0.4 is 15.4 Å². The summed E-state index contributed by atoms with van der Waals surface area (Å²) in [5.41, 5.74) is 0.704. The molecule has 4 nitrogen and oxygen atoms in total. The van der Waals surface area contributed by atoms with E-state index in [0.717, 1.165) is 18.8 Å². The molecular weight excluding hydrogens is 276 g/mol. The Morgan fingerprint density at radius 2 is 1.82 bits per heavy atom. The van der Waals surface area contributed by atoms with Crippen molar-refractivity contribution in [2.75, 3.05) is 18.4 Å². The SMILES string of the molecule is CC(C(=O)Nc1ccccc1Oc1ccccc1)C1CNC1. The molecule has 1 unspecified atom stereocenters. The number of ether oxygens (including phenoxy) is 1. The van der Waals surface area contributed by atoms with Crippen LogP contribution in [-0.4, -0.2) is 19.0 Å². The van der Waals surface area contributed by atoms with Gasteiger partial charge in [0.25, 0.3) is 0 Å². The molecule has 1 heterocycles. The van der Waals surface area contributed by atoms with Crippen LogP contribution in [0.5, 0.6) is 11.5 Å². The molecule has 0 aliphatic carbocycles. The zero-order valence-electron chi connectivity index (χ0n) is 12.6. The number of rotatable bonds is 5. The Balaban J connectivity index is 1.72. The third-order valence-electron chi connectivity index (χ3n) is 4.05. The molecule has 0 aromatic heterocycles. The van der Waals surface area contributed by atoms with Gasteiger partial charge in [0.05, 0.1) is 5.69 Å². The van der Waals surface area contributed by atoms with Gasteiger partial charge in [-0.1, -0.05) is 37.3 Å². The van der Waals surface area contributed by atoms with Crippen LogP contribution in [0.1, 0.15) is 6.92 Å². The van der Waals surface area contributed by atoms with Gasteiger partial charge in [-0.05, 0) is 43.3 Å². The van der Waals surface area contributed by atoms with Gasteiger partial charge in [0.1, 0.15) is 5.75 Å². The molecule has 1 fully saturated rings. The van der Waals surface area contributed by atoms with E-state index in [1.54, 1.807) is 0 Å². The monoisotopic (exact) mass is 296 g/mol. The summed E-state index contributed by atoms with van der Waals surface area (Å²) in [6, 6.07) is 17.1. The summed E-state index contributed by atoms with van der Waals surface area (Å²) in [5.74, 6) is 1.85. The van der Waals surface area contributed by atoms with E-state index in [0.29, 0.717) is 17.4 Å². The Morgan fingerprint density at radius 1 is 1.14 bits per heavy atom. The van der Waals surface area contributed by atoms with Crippen molar-refractivity contribution in [2.24, 2.45) is 11.8 Å². The Kier molecular flexibility index (Phi) is 4.39. The van der Waals surface area contributed by atoms with Crippen LogP contribution in [0.4, 0.5) is 5.69 Å². The van der Waals surface area contributed by atoms with Crippen molar-refractivity contribution >= 4 is 11.6 Å². The van der Waals surface area contributed by atoms with Crippen molar-refractivity contribution < 1.29 is 9.53 Å². The first-order chi connectivity index (χ1) is 10.7. The molecule has 2 aromatic rings. The molecule has 1 aliphatic rings. The highest BCUT2D eigenvalue weighted by molar-refractivity contribution is 5.94. The van der Waals surface area contributed by atoms with Crippen LogP contribution in [0, 0.1) is 11.8 Å². The average Bonchev–Trinajstić information content (AvgIpc) is 2.48. The fourth-order valence-corrected chi connectivity index (χ4v) is 2.40. The minimum Gasteiger partial charge on any atom is -0.455 e. The van der Waals surface area contributed by atoms with Crippen LogP contribution in [0.25, 0.3) is 0 Å². The molecule has 0 spiro atoms. The highest BCUT2D eigenvalue weighted by atomic mass is 16.5. The van der Waals surface area contributed by atoms with Gasteiger partial charge >= 0.3 is 0 Å². The standard InChI is InChI=1S/C18H20N2O2/c1-13(14-11-19-12-14)18(21)20-16-9-5-6-10-17(16)22-15-7-3-2-4-8-15/h2-10,13-14,19H,11-12H2,1H3,(H,20,21). The van der Waals surface area contributed by atoms with Crippen molar-refractivity contribution in [3.8, 4) is 11.5 Å². The smallest absolute Gasteiger partial charge is 0.227 e. The number of hydrogen-bond acceptors (Lipinski definition) is 3. The summed E-state index contributed by atoms with van der Waals surface area (Å²) in [5, 5.41) is 6.19. The summed E-state index contributed by atoms with van der Waals surface area (Å²) in [6.45, 7) is 3.80. The van der Waals surface area contributed by atoms with Crippen molar-refractivity contribution in [1.29, 1.82) is 0 Å². The molecule has 22 heavy (non-hydrogen) atoms. The predicted molar refractivity (Wildman–Crippen MR) is 87.1 cm³/mol. The van der Waals surface area contributed by atoms with Crippen LogP contribution in [0.2, 0.25) is 0 Å². The third-order valence-corrected chi connectivity index (χ3v) is 4.05. The van der Waals surface area contributed by atoms with E-state index in [-0.39, 0.29) is 11.8 Å². The van der Waals surface area contributed by atoms with Crippen LogP contribution in [0.3, 0.4) is 0 Å². The fraction of sp³-hybridized carbons (Fsp3) is 0.278. The molecular formula is C18H20N2O2. The number of nitrogens with one attached hydrogen (secondary N) is 2. The fourth-order valence-electron chi connectivity index (χ4n) is 2.40. The summed E-state index contributed by atoms with van der Waals surface area (Å²) < 4.78 is 5.86. The minimum absolute atomic E-state index is 0.00830. The van der Waals surface area contributed by atoms with Crippen LogP contribution in [0.15, 0.2) is 54.6 Å². The summed E-state index contributed by atoms with van der Waals surface area (Å²) in [6.07, 6.45) is 0. The van der Waals surface area contributed by atoms with Gasteiger partial charge in [-0.25, -0.2) is 0 Å². The molecule has 1 amide bonds. The predicted octanol–water partition coefficient (Wildman–Crippen LogP) is 3.27. The van der Waals surface area contributed by atoms with Gasteiger partial charge in [-0.3, -0.25) is 4.79 Å². The number of carbonyl (C=O) groups is 1. The van der Waals surface area contributed by atoms with Crippen molar-refractivity contribution in [3.63, 3.8) is 0 Å². The second kappa shape index (κ2) is 6.62. The van der Waals surface area contributed by atoms with Crippen LogP contribution >= 0.6 is 0 Å². The Hall–Kier alpha value is -2.33. The van der Waals surface area contributed by atoms with Gasteiger partial charge in [-0.2, -0.15) is 0 Å². The van der Waals surface area contributed by atoms with Crippen molar-refractivity contribution in [3.05, 3.63) is 54.6 Å². The molecule has 0 bridgehead atoms. The van der Waals surface area contributed by atoms with Gasteiger partial charge in [-0.15, -0.1) is 0 Å². The number of carbonyl (C=O) groups excluding carboxylic acids is 1. The summed E-state index contributed by atoms with van der Waals surface area (Å²) in [7, 11) is 0. The molecule has 2 aromatic carbocycles. The first-order valence-electron chi connectivity index (χ1n) is 7.57. The number of anilines is 1. The summed E-state index contributed by atoms with van der Waals surface area (Å²) >= 11 is 0. The second-order valence-electron chi connectivity index (χ2n) is 5.61. The summed E-state index contributed by atoms with van der Waals surface area (Å²) in [4.78, 5) is 12.4. The zero-order chi connectivity index (χ0) is 15.4. The van der Waals surface area contributed by atoms with Gasteiger partial charge < -0.3 is 15.4 Å². The maximum atomic E-state index is 12.4. The van der Waals surface area contributed by atoms with Crippen LogP contribution in [-0.2, 0) is 4.79 Å². The number of benzene rings is 2. The first kappa shape index (κ1) is 14.6. The molecule has 1 atom stereocenters. The second-order valence-corrected chi connectivity index (χ2v) is 5.61. The van der Waals surface area contributed by atoms with Crippen molar-refractivity contribution in [1.82, 2.24) is 5.32 Å². The first-order valence-corrected chi connectivity index (χ1v) is 7.57.